The second kappa shape index (κ2) is 6.47. The number of amides is 2. The first-order valence-electron chi connectivity index (χ1n) is 6.22. The van der Waals surface area contributed by atoms with Gasteiger partial charge in [-0.15, -0.1) is 0 Å². The van der Waals surface area contributed by atoms with Gasteiger partial charge in [0.25, 0.3) is 0 Å². The van der Waals surface area contributed by atoms with E-state index in [0.717, 1.165) is 6.54 Å². The minimum Gasteiger partial charge on any atom is -0.481 e. The van der Waals surface area contributed by atoms with Crippen LogP contribution in [0.5, 0.6) is 0 Å². The van der Waals surface area contributed by atoms with Crippen molar-refractivity contribution in [3.05, 3.63) is 0 Å². The number of carbonyl (C=O) groups excluding carboxylic acids is 1. The van der Waals surface area contributed by atoms with E-state index in [4.69, 9.17) is 5.11 Å². The Labute approximate surface area is 102 Å². The van der Waals surface area contributed by atoms with Crippen LogP contribution in [-0.2, 0) is 4.79 Å². The van der Waals surface area contributed by atoms with Crippen LogP contribution in [0.15, 0.2) is 0 Å². The van der Waals surface area contributed by atoms with Crippen molar-refractivity contribution >= 4 is 12.0 Å². The average Bonchev–Trinajstić information content (AvgIpc) is 2.77. The van der Waals surface area contributed by atoms with Crippen LogP contribution < -0.4 is 5.32 Å². The summed E-state index contributed by atoms with van der Waals surface area (Å²) < 4.78 is 0. The van der Waals surface area contributed by atoms with E-state index in [-0.39, 0.29) is 12.6 Å². The minimum absolute atomic E-state index is 0.176. The smallest absolute Gasteiger partial charge is 0.317 e. The van der Waals surface area contributed by atoms with Crippen LogP contribution in [0.1, 0.15) is 32.6 Å². The number of aliphatic carboxylic acids is 1. The summed E-state index contributed by atoms with van der Waals surface area (Å²) in [7, 11) is 1.76. The molecular weight excluding hydrogens is 220 g/mol. The molecule has 0 aromatic heterocycles. The Hall–Kier alpha value is -1.26. The Balaban J connectivity index is 2.24. The van der Waals surface area contributed by atoms with E-state index < -0.39 is 11.9 Å². The van der Waals surface area contributed by atoms with Crippen molar-refractivity contribution < 1.29 is 14.7 Å². The Morgan fingerprint density at radius 3 is 2.53 bits per heavy atom. The predicted octanol–water partition coefficient (Wildman–Crippen LogP) is 1.54. The second-order valence-corrected chi connectivity index (χ2v) is 4.96. The van der Waals surface area contributed by atoms with Gasteiger partial charge in [-0.05, 0) is 18.8 Å². The zero-order valence-electron chi connectivity index (χ0n) is 10.6. The molecule has 0 bridgehead atoms. The molecule has 2 N–H and O–H groups in total. The van der Waals surface area contributed by atoms with Gasteiger partial charge in [-0.1, -0.05) is 19.8 Å². The molecule has 1 fully saturated rings. The Morgan fingerprint density at radius 2 is 2.00 bits per heavy atom. The molecule has 0 spiro atoms. The second-order valence-electron chi connectivity index (χ2n) is 4.96. The monoisotopic (exact) mass is 242 g/mol. The fourth-order valence-corrected chi connectivity index (χ4v) is 2.13. The number of hydrogen-bond acceptors (Lipinski definition) is 2. The SMILES string of the molecule is CC(CNC(=O)N(C)CC1CCCC1)C(=O)O. The van der Waals surface area contributed by atoms with Gasteiger partial charge in [0.05, 0.1) is 5.92 Å². The first-order valence-corrected chi connectivity index (χ1v) is 6.22. The summed E-state index contributed by atoms with van der Waals surface area (Å²) in [6, 6.07) is -0.176. The van der Waals surface area contributed by atoms with Gasteiger partial charge in [-0.25, -0.2) is 4.79 Å². The molecule has 1 unspecified atom stereocenters. The highest BCUT2D eigenvalue weighted by atomic mass is 16.4. The lowest BCUT2D eigenvalue weighted by Crippen LogP contribution is -2.42. The minimum atomic E-state index is -0.885. The van der Waals surface area contributed by atoms with Gasteiger partial charge in [0.1, 0.15) is 0 Å². The molecule has 0 radical (unpaired) electrons. The van der Waals surface area contributed by atoms with E-state index in [2.05, 4.69) is 5.32 Å². The first kappa shape index (κ1) is 13.8. The summed E-state index contributed by atoms with van der Waals surface area (Å²) >= 11 is 0. The van der Waals surface area contributed by atoms with Crippen LogP contribution in [-0.4, -0.2) is 42.1 Å². The molecule has 0 heterocycles. The van der Waals surface area contributed by atoms with Gasteiger partial charge < -0.3 is 15.3 Å². The zero-order valence-corrected chi connectivity index (χ0v) is 10.6. The highest BCUT2D eigenvalue weighted by molar-refractivity contribution is 5.75. The molecule has 17 heavy (non-hydrogen) atoms. The van der Waals surface area contributed by atoms with Crippen molar-refractivity contribution in [2.45, 2.75) is 32.6 Å². The summed E-state index contributed by atoms with van der Waals surface area (Å²) in [5.74, 6) is -0.815. The molecule has 0 saturated heterocycles. The fraction of sp³-hybridized carbons (Fsp3) is 0.833. The van der Waals surface area contributed by atoms with E-state index in [1.54, 1.807) is 18.9 Å². The number of urea groups is 1. The topological polar surface area (TPSA) is 69.6 Å². The molecule has 2 amide bonds. The average molecular weight is 242 g/mol. The summed E-state index contributed by atoms with van der Waals surface area (Å²) in [6.45, 7) is 2.54. The van der Waals surface area contributed by atoms with Crippen LogP contribution in [0.25, 0.3) is 0 Å². The normalized spacial score (nSPS) is 17.8. The van der Waals surface area contributed by atoms with Gasteiger partial charge >= 0.3 is 12.0 Å². The molecule has 1 aliphatic rings. The molecule has 98 valence electrons. The van der Waals surface area contributed by atoms with Gasteiger partial charge in [0.2, 0.25) is 0 Å². The lowest BCUT2D eigenvalue weighted by Gasteiger charge is -2.22. The molecule has 1 rings (SSSR count). The maximum Gasteiger partial charge on any atom is 0.317 e. The number of nitrogens with zero attached hydrogens (tertiary/aromatic N) is 1. The number of carbonyl (C=O) groups is 2. The maximum atomic E-state index is 11.7. The number of hydrogen-bond donors (Lipinski definition) is 2. The first-order chi connectivity index (χ1) is 8.00. The van der Waals surface area contributed by atoms with Crippen molar-refractivity contribution in [3.63, 3.8) is 0 Å². The summed E-state index contributed by atoms with van der Waals surface area (Å²) in [5, 5.41) is 11.3. The van der Waals surface area contributed by atoms with E-state index in [0.29, 0.717) is 5.92 Å². The maximum absolute atomic E-state index is 11.7. The van der Waals surface area contributed by atoms with E-state index >= 15 is 0 Å². The summed E-state index contributed by atoms with van der Waals surface area (Å²) in [4.78, 5) is 23.9. The molecule has 1 aliphatic carbocycles. The molecule has 5 heteroatoms. The van der Waals surface area contributed by atoms with Crippen molar-refractivity contribution in [2.24, 2.45) is 11.8 Å². The molecule has 0 aliphatic heterocycles. The molecule has 1 atom stereocenters. The lowest BCUT2D eigenvalue weighted by atomic mass is 10.1. The third-order valence-corrected chi connectivity index (χ3v) is 3.33. The van der Waals surface area contributed by atoms with Crippen molar-refractivity contribution in [3.8, 4) is 0 Å². The molecule has 0 aromatic carbocycles. The highest BCUT2D eigenvalue weighted by Gasteiger charge is 2.20. The van der Waals surface area contributed by atoms with Gasteiger partial charge in [-0.2, -0.15) is 0 Å². The van der Waals surface area contributed by atoms with Crippen molar-refractivity contribution in [2.75, 3.05) is 20.1 Å². The Kier molecular flexibility index (Phi) is 5.25. The lowest BCUT2D eigenvalue weighted by molar-refractivity contribution is -0.140. The van der Waals surface area contributed by atoms with Crippen LogP contribution in [0.4, 0.5) is 4.79 Å². The molecule has 5 nitrogen and oxygen atoms in total. The Bertz CT molecular complexity index is 275. The largest absolute Gasteiger partial charge is 0.481 e. The van der Waals surface area contributed by atoms with Crippen molar-refractivity contribution in [1.29, 1.82) is 0 Å². The van der Waals surface area contributed by atoms with Crippen LogP contribution in [0, 0.1) is 11.8 Å². The highest BCUT2D eigenvalue weighted by Crippen LogP contribution is 2.25. The van der Waals surface area contributed by atoms with E-state index in [1.165, 1.54) is 25.7 Å². The summed E-state index contributed by atoms with van der Waals surface area (Å²) in [5.41, 5.74) is 0. The van der Waals surface area contributed by atoms with Gasteiger partial charge in [0, 0.05) is 20.1 Å². The third-order valence-electron chi connectivity index (χ3n) is 3.33. The van der Waals surface area contributed by atoms with E-state index in [9.17, 15) is 9.59 Å². The summed E-state index contributed by atoms with van der Waals surface area (Å²) in [6.07, 6.45) is 4.92. The quantitative estimate of drug-likeness (QED) is 0.768. The number of carboxylic acid groups (broad SMARTS) is 1. The van der Waals surface area contributed by atoms with Gasteiger partial charge in [0.15, 0.2) is 0 Å². The van der Waals surface area contributed by atoms with Crippen LogP contribution in [0.2, 0.25) is 0 Å². The number of nitrogens with one attached hydrogen (secondary N) is 1. The molecular formula is C12H22N2O3. The van der Waals surface area contributed by atoms with Crippen LogP contribution >= 0.6 is 0 Å². The fourth-order valence-electron chi connectivity index (χ4n) is 2.13. The van der Waals surface area contributed by atoms with Crippen molar-refractivity contribution in [1.82, 2.24) is 10.2 Å². The van der Waals surface area contributed by atoms with Crippen LogP contribution in [0.3, 0.4) is 0 Å². The predicted molar refractivity (Wildman–Crippen MR) is 64.8 cm³/mol. The van der Waals surface area contributed by atoms with Gasteiger partial charge in [-0.3, -0.25) is 4.79 Å². The number of rotatable bonds is 5. The standard InChI is InChI=1S/C12H22N2O3/c1-9(11(15)16)7-13-12(17)14(2)8-10-5-3-4-6-10/h9-10H,3-8H2,1-2H3,(H,13,17)(H,15,16). The molecule has 1 saturated carbocycles. The zero-order chi connectivity index (χ0) is 12.8. The molecule has 0 aromatic rings. The third kappa shape index (κ3) is 4.63. The Morgan fingerprint density at radius 1 is 1.41 bits per heavy atom. The number of carboxylic acids is 1. The van der Waals surface area contributed by atoms with E-state index in [1.807, 2.05) is 0 Å².